The third kappa shape index (κ3) is 4.64. The highest BCUT2D eigenvalue weighted by Gasteiger charge is 2.22. The molecule has 7 nitrogen and oxygen atoms in total. The van der Waals surface area contributed by atoms with Crippen molar-refractivity contribution in [3.05, 3.63) is 63.1 Å². The summed E-state index contributed by atoms with van der Waals surface area (Å²) in [6.07, 6.45) is 0. The number of rotatable bonds is 7. The number of pyridine rings is 1. The summed E-state index contributed by atoms with van der Waals surface area (Å²) in [4.78, 5) is 27.3. The Kier molecular flexibility index (Phi) is 6.56. The Morgan fingerprint density at radius 1 is 1.15 bits per heavy atom. The molecule has 0 fully saturated rings. The van der Waals surface area contributed by atoms with Gasteiger partial charge in [0.05, 0.1) is 4.90 Å². The minimum Gasteiger partial charge on any atom is -0.348 e. The molecule has 0 radical (unpaired) electrons. The average molecular weight is 391 g/mol. The lowest BCUT2D eigenvalue weighted by atomic mass is 10.1. The molecular weight excluding hydrogens is 366 g/mol. The van der Waals surface area contributed by atoms with Crippen LogP contribution in [0.25, 0.3) is 0 Å². The number of carbonyl (C=O) groups excluding carboxylic acids is 1. The van der Waals surface area contributed by atoms with Crippen molar-refractivity contribution in [2.24, 2.45) is 0 Å². The van der Waals surface area contributed by atoms with Gasteiger partial charge in [-0.2, -0.15) is 4.31 Å². The van der Waals surface area contributed by atoms with Gasteiger partial charge in [-0.3, -0.25) is 9.59 Å². The summed E-state index contributed by atoms with van der Waals surface area (Å²) in [6, 6.07) is 7.74. The highest BCUT2D eigenvalue weighted by atomic mass is 32.2. The van der Waals surface area contributed by atoms with E-state index in [1.54, 1.807) is 33.8 Å². The Morgan fingerprint density at radius 3 is 2.41 bits per heavy atom. The quantitative estimate of drug-likeness (QED) is 0.753. The lowest BCUT2D eigenvalue weighted by Gasteiger charge is -2.18. The van der Waals surface area contributed by atoms with Crippen LogP contribution in [0.1, 0.15) is 41.0 Å². The smallest absolute Gasteiger partial charge is 0.253 e. The Hall–Kier alpha value is -2.45. The summed E-state index contributed by atoms with van der Waals surface area (Å²) in [5.41, 5.74) is 1.99. The van der Waals surface area contributed by atoms with E-state index < -0.39 is 15.9 Å². The number of nitrogens with zero attached hydrogens (tertiary/aromatic N) is 1. The van der Waals surface area contributed by atoms with Crippen molar-refractivity contribution >= 4 is 15.9 Å². The Balaban J connectivity index is 2.23. The molecule has 0 saturated heterocycles. The summed E-state index contributed by atoms with van der Waals surface area (Å²) in [5.74, 6) is -0.439. The number of H-pyrrole nitrogens is 1. The molecule has 0 aliphatic heterocycles. The molecule has 0 aliphatic carbocycles. The van der Waals surface area contributed by atoms with E-state index in [2.05, 4.69) is 10.3 Å². The van der Waals surface area contributed by atoms with Crippen LogP contribution in [0.4, 0.5) is 0 Å². The molecule has 0 unspecified atom stereocenters. The van der Waals surface area contributed by atoms with Crippen LogP contribution in [0, 0.1) is 13.8 Å². The van der Waals surface area contributed by atoms with Gasteiger partial charge in [-0.1, -0.05) is 19.9 Å². The summed E-state index contributed by atoms with van der Waals surface area (Å²) in [7, 11) is -3.64. The second kappa shape index (κ2) is 8.49. The molecule has 0 bridgehead atoms. The third-order valence-corrected chi connectivity index (χ3v) is 6.40. The molecule has 146 valence electrons. The Bertz CT molecular complexity index is 992. The normalized spacial score (nSPS) is 11.6. The fourth-order valence-corrected chi connectivity index (χ4v) is 4.39. The van der Waals surface area contributed by atoms with Gasteiger partial charge in [-0.25, -0.2) is 8.42 Å². The number of benzene rings is 1. The first kappa shape index (κ1) is 20.9. The second-order valence-electron chi connectivity index (χ2n) is 6.24. The van der Waals surface area contributed by atoms with Gasteiger partial charge < -0.3 is 10.3 Å². The molecule has 0 saturated carbocycles. The van der Waals surface area contributed by atoms with Crippen molar-refractivity contribution < 1.29 is 13.2 Å². The molecule has 0 atom stereocenters. The number of hydrogen-bond acceptors (Lipinski definition) is 4. The molecule has 1 heterocycles. The molecule has 1 amide bonds. The van der Waals surface area contributed by atoms with Gasteiger partial charge in [0.15, 0.2) is 0 Å². The number of carbonyl (C=O) groups is 1. The van der Waals surface area contributed by atoms with Gasteiger partial charge in [0.1, 0.15) is 0 Å². The Morgan fingerprint density at radius 2 is 1.81 bits per heavy atom. The summed E-state index contributed by atoms with van der Waals surface area (Å²) < 4.78 is 26.6. The molecule has 2 rings (SSSR count). The van der Waals surface area contributed by atoms with Crippen LogP contribution in [0.2, 0.25) is 0 Å². The van der Waals surface area contributed by atoms with Gasteiger partial charge in [0.25, 0.3) is 11.5 Å². The van der Waals surface area contributed by atoms with Gasteiger partial charge in [0, 0.05) is 36.5 Å². The van der Waals surface area contributed by atoms with E-state index in [1.807, 2.05) is 6.07 Å². The van der Waals surface area contributed by atoms with Crippen molar-refractivity contribution in [3.8, 4) is 0 Å². The number of amides is 1. The first-order valence-corrected chi connectivity index (χ1v) is 10.2. The largest absolute Gasteiger partial charge is 0.348 e. The van der Waals surface area contributed by atoms with Crippen molar-refractivity contribution in [2.45, 2.75) is 39.1 Å². The molecule has 1 aromatic heterocycles. The number of nitrogens with one attached hydrogen (secondary N) is 2. The maximum absolute atomic E-state index is 12.6. The highest BCUT2D eigenvalue weighted by Crippen LogP contribution is 2.17. The van der Waals surface area contributed by atoms with E-state index in [1.165, 1.54) is 22.5 Å². The molecule has 1 aromatic carbocycles. The molecule has 0 aliphatic rings. The SMILES string of the molecule is CCN(CC)S(=O)(=O)c1cccc(C(=O)NCc2c(C)cc(C)[nH]c2=O)c1. The highest BCUT2D eigenvalue weighted by molar-refractivity contribution is 7.89. The average Bonchev–Trinajstić information content (AvgIpc) is 2.61. The minimum atomic E-state index is -3.64. The summed E-state index contributed by atoms with van der Waals surface area (Å²) >= 11 is 0. The molecule has 2 aromatic rings. The number of sulfonamides is 1. The van der Waals surface area contributed by atoms with E-state index >= 15 is 0 Å². The number of aryl methyl sites for hydroxylation is 2. The first-order valence-electron chi connectivity index (χ1n) is 8.78. The monoisotopic (exact) mass is 391 g/mol. The number of aromatic amines is 1. The molecule has 8 heteroatoms. The van der Waals surface area contributed by atoms with Crippen LogP contribution in [0.5, 0.6) is 0 Å². The van der Waals surface area contributed by atoms with Gasteiger partial charge in [-0.05, 0) is 43.7 Å². The lowest BCUT2D eigenvalue weighted by Crippen LogP contribution is -2.31. The topological polar surface area (TPSA) is 99.3 Å². The van der Waals surface area contributed by atoms with Crippen molar-refractivity contribution in [1.82, 2.24) is 14.6 Å². The van der Waals surface area contributed by atoms with Crippen molar-refractivity contribution in [1.29, 1.82) is 0 Å². The zero-order valence-electron chi connectivity index (χ0n) is 16.0. The molecular formula is C19H25N3O4S. The van der Waals surface area contributed by atoms with Crippen LogP contribution in [0.3, 0.4) is 0 Å². The van der Waals surface area contributed by atoms with Crippen LogP contribution in [-0.4, -0.2) is 36.7 Å². The van der Waals surface area contributed by atoms with Crippen LogP contribution >= 0.6 is 0 Å². The van der Waals surface area contributed by atoms with E-state index in [4.69, 9.17) is 0 Å². The lowest BCUT2D eigenvalue weighted by molar-refractivity contribution is 0.0950. The van der Waals surface area contributed by atoms with Crippen molar-refractivity contribution in [3.63, 3.8) is 0 Å². The van der Waals surface area contributed by atoms with Gasteiger partial charge in [-0.15, -0.1) is 0 Å². The Labute approximate surface area is 159 Å². The number of hydrogen-bond donors (Lipinski definition) is 2. The van der Waals surface area contributed by atoms with E-state index in [-0.39, 0.29) is 22.6 Å². The predicted octanol–water partition coefficient (Wildman–Crippen LogP) is 1.95. The molecule has 2 N–H and O–H groups in total. The fourth-order valence-electron chi connectivity index (χ4n) is 2.88. The second-order valence-corrected chi connectivity index (χ2v) is 8.18. The maximum Gasteiger partial charge on any atom is 0.253 e. The van der Waals surface area contributed by atoms with Gasteiger partial charge >= 0.3 is 0 Å². The summed E-state index contributed by atoms with van der Waals surface area (Å²) in [6.45, 7) is 7.89. The van der Waals surface area contributed by atoms with E-state index in [0.717, 1.165) is 11.3 Å². The molecule has 27 heavy (non-hydrogen) atoms. The first-order chi connectivity index (χ1) is 12.7. The standard InChI is InChI=1S/C19H25N3O4S/c1-5-22(6-2)27(25,26)16-9-7-8-15(11-16)18(23)20-12-17-13(3)10-14(4)21-19(17)24/h7-11H,5-6,12H2,1-4H3,(H,20,23)(H,21,24). The zero-order valence-corrected chi connectivity index (χ0v) is 16.8. The van der Waals surface area contributed by atoms with E-state index in [0.29, 0.717) is 18.7 Å². The zero-order chi connectivity index (χ0) is 20.2. The summed E-state index contributed by atoms with van der Waals surface area (Å²) in [5, 5.41) is 2.68. The third-order valence-electron chi connectivity index (χ3n) is 4.36. The number of aromatic nitrogens is 1. The van der Waals surface area contributed by atoms with Crippen LogP contribution < -0.4 is 10.9 Å². The molecule has 0 spiro atoms. The van der Waals surface area contributed by atoms with Crippen molar-refractivity contribution in [2.75, 3.05) is 13.1 Å². The maximum atomic E-state index is 12.6. The van der Waals surface area contributed by atoms with Crippen LogP contribution in [0.15, 0.2) is 40.0 Å². The predicted molar refractivity (Wildman–Crippen MR) is 104 cm³/mol. The van der Waals surface area contributed by atoms with Gasteiger partial charge in [0.2, 0.25) is 10.0 Å². The minimum absolute atomic E-state index is 0.0628. The van der Waals surface area contributed by atoms with Crippen LogP contribution in [-0.2, 0) is 16.6 Å². The fraction of sp³-hybridized carbons (Fsp3) is 0.368. The van der Waals surface area contributed by atoms with E-state index in [9.17, 15) is 18.0 Å².